The summed E-state index contributed by atoms with van der Waals surface area (Å²) in [7, 11) is 4.04. The van der Waals surface area contributed by atoms with Gasteiger partial charge in [-0.05, 0) is 54.1 Å². The summed E-state index contributed by atoms with van der Waals surface area (Å²) in [5, 5.41) is 3.54. The number of nitrogens with one attached hydrogen (secondary N) is 1. The van der Waals surface area contributed by atoms with Crippen LogP contribution in [-0.4, -0.2) is 57.6 Å². The maximum Gasteiger partial charge on any atom is 0.252 e. The van der Waals surface area contributed by atoms with Crippen LogP contribution in [0, 0.1) is 5.82 Å². The highest BCUT2D eigenvalue weighted by Crippen LogP contribution is 2.26. The normalized spacial score (nSPS) is 15.1. The van der Waals surface area contributed by atoms with Gasteiger partial charge in [0.05, 0.1) is 16.6 Å². The van der Waals surface area contributed by atoms with Crippen molar-refractivity contribution < 1.29 is 9.18 Å². The van der Waals surface area contributed by atoms with Crippen LogP contribution in [0.4, 0.5) is 15.8 Å². The van der Waals surface area contributed by atoms with Gasteiger partial charge in [-0.2, -0.15) is 0 Å². The third-order valence-electron chi connectivity index (χ3n) is 6.32. The van der Waals surface area contributed by atoms with Gasteiger partial charge in [0.1, 0.15) is 5.82 Å². The van der Waals surface area contributed by atoms with Crippen molar-refractivity contribution in [3.05, 3.63) is 94.8 Å². The largest absolute Gasteiger partial charge is 0.378 e. The van der Waals surface area contributed by atoms with E-state index in [0.717, 1.165) is 43.1 Å². The van der Waals surface area contributed by atoms with Crippen LogP contribution < -0.4 is 15.1 Å². The second-order valence-electron chi connectivity index (χ2n) is 8.69. The standard InChI is InChI=1S/C27H30ClFN4O/c1-31(2)22-11-7-20(8-12-22)26(19-30-27(34)24-5-3-4-6-25(24)28)33-17-15-32(16-18-33)23-13-9-21(29)10-14-23/h3-14,26H,15-19H2,1-2H3,(H,30,34)/t26-/m1/s1. The van der Waals surface area contributed by atoms with Crippen LogP contribution in [0.15, 0.2) is 72.8 Å². The maximum atomic E-state index is 13.3. The molecule has 4 rings (SSSR count). The minimum Gasteiger partial charge on any atom is -0.378 e. The van der Waals surface area contributed by atoms with Crippen molar-refractivity contribution in [1.29, 1.82) is 0 Å². The third-order valence-corrected chi connectivity index (χ3v) is 6.65. The molecule has 1 fully saturated rings. The fourth-order valence-corrected chi connectivity index (χ4v) is 4.55. The minimum atomic E-state index is -0.224. The zero-order valence-corrected chi connectivity index (χ0v) is 20.3. The van der Waals surface area contributed by atoms with Crippen LogP contribution >= 0.6 is 11.6 Å². The van der Waals surface area contributed by atoms with Crippen LogP contribution in [-0.2, 0) is 0 Å². The summed E-state index contributed by atoms with van der Waals surface area (Å²) in [6.07, 6.45) is 0. The Morgan fingerprint density at radius 1 is 0.971 bits per heavy atom. The van der Waals surface area contributed by atoms with E-state index < -0.39 is 0 Å². The molecule has 1 atom stereocenters. The molecule has 0 aromatic heterocycles. The monoisotopic (exact) mass is 480 g/mol. The molecule has 1 aliphatic heterocycles. The molecule has 1 aliphatic rings. The molecule has 178 valence electrons. The Morgan fingerprint density at radius 2 is 1.62 bits per heavy atom. The van der Waals surface area contributed by atoms with Gasteiger partial charge in [0, 0.05) is 58.2 Å². The molecule has 0 bridgehead atoms. The summed E-state index contributed by atoms with van der Waals surface area (Å²) < 4.78 is 13.3. The van der Waals surface area contributed by atoms with Gasteiger partial charge in [-0.25, -0.2) is 4.39 Å². The van der Waals surface area contributed by atoms with Crippen LogP contribution in [0.2, 0.25) is 5.02 Å². The van der Waals surface area contributed by atoms with Gasteiger partial charge in [0.25, 0.3) is 5.91 Å². The number of anilines is 2. The Hall–Kier alpha value is -3.09. The molecular weight excluding hydrogens is 451 g/mol. The van der Waals surface area contributed by atoms with Crippen molar-refractivity contribution in [2.45, 2.75) is 6.04 Å². The summed E-state index contributed by atoms with van der Waals surface area (Å²) in [6.45, 7) is 3.80. The second kappa shape index (κ2) is 10.9. The number of piperazine rings is 1. The Kier molecular flexibility index (Phi) is 7.70. The molecule has 34 heavy (non-hydrogen) atoms. The van der Waals surface area contributed by atoms with Gasteiger partial charge in [-0.3, -0.25) is 9.69 Å². The highest BCUT2D eigenvalue weighted by molar-refractivity contribution is 6.33. The molecule has 1 saturated heterocycles. The average molecular weight is 481 g/mol. The van der Waals surface area contributed by atoms with E-state index in [1.165, 1.54) is 12.1 Å². The third kappa shape index (κ3) is 5.69. The molecular formula is C27H30ClFN4O. The van der Waals surface area contributed by atoms with Gasteiger partial charge < -0.3 is 15.1 Å². The van der Waals surface area contributed by atoms with E-state index in [9.17, 15) is 9.18 Å². The van der Waals surface area contributed by atoms with Gasteiger partial charge >= 0.3 is 0 Å². The van der Waals surface area contributed by atoms with E-state index >= 15 is 0 Å². The number of nitrogens with zero attached hydrogens (tertiary/aromatic N) is 3. The number of carbonyl (C=O) groups excluding carboxylic acids is 1. The number of benzene rings is 3. The fourth-order valence-electron chi connectivity index (χ4n) is 4.33. The van der Waals surface area contributed by atoms with Crippen molar-refractivity contribution in [2.24, 2.45) is 0 Å². The molecule has 0 radical (unpaired) electrons. The van der Waals surface area contributed by atoms with E-state index in [2.05, 4.69) is 44.3 Å². The Balaban J connectivity index is 1.49. The summed E-state index contributed by atoms with van der Waals surface area (Å²) in [5.74, 6) is -0.400. The number of hydrogen-bond donors (Lipinski definition) is 1. The predicted molar refractivity (Wildman–Crippen MR) is 137 cm³/mol. The van der Waals surface area contributed by atoms with Gasteiger partial charge in [-0.1, -0.05) is 35.9 Å². The van der Waals surface area contributed by atoms with Crippen molar-refractivity contribution >= 4 is 28.9 Å². The second-order valence-corrected chi connectivity index (χ2v) is 9.10. The smallest absolute Gasteiger partial charge is 0.252 e. The molecule has 0 saturated carbocycles. The molecule has 3 aromatic rings. The molecule has 1 amide bonds. The lowest BCUT2D eigenvalue weighted by Gasteiger charge is -2.40. The molecule has 1 heterocycles. The van der Waals surface area contributed by atoms with Crippen LogP contribution in [0.25, 0.3) is 0 Å². The highest BCUT2D eigenvalue weighted by Gasteiger charge is 2.26. The summed E-state index contributed by atoms with van der Waals surface area (Å²) in [6, 6.07) is 22.2. The van der Waals surface area contributed by atoms with Crippen LogP contribution in [0.1, 0.15) is 22.0 Å². The highest BCUT2D eigenvalue weighted by atomic mass is 35.5. The molecule has 5 nitrogen and oxygen atoms in total. The van der Waals surface area contributed by atoms with E-state index in [4.69, 9.17) is 11.6 Å². The lowest BCUT2D eigenvalue weighted by molar-refractivity contribution is 0.0930. The lowest BCUT2D eigenvalue weighted by Crippen LogP contribution is -2.50. The maximum absolute atomic E-state index is 13.3. The van der Waals surface area contributed by atoms with E-state index in [0.29, 0.717) is 17.1 Å². The number of carbonyl (C=O) groups is 1. The molecule has 7 heteroatoms. The summed E-state index contributed by atoms with van der Waals surface area (Å²) >= 11 is 6.23. The van der Waals surface area contributed by atoms with Crippen molar-refractivity contribution in [3.63, 3.8) is 0 Å². The molecule has 3 aromatic carbocycles. The number of halogens is 2. The topological polar surface area (TPSA) is 38.8 Å². The quantitative estimate of drug-likeness (QED) is 0.525. The van der Waals surface area contributed by atoms with E-state index in [1.54, 1.807) is 12.1 Å². The van der Waals surface area contributed by atoms with Crippen molar-refractivity contribution in [3.8, 4) is 0 Å². The lowest BCUT2D eigenvalue weighted by atomic mass is 10.0. The van der Waals surface area contributed by atoms with Crippen LogP contribution in [0.5, 0.6) is 0 Å². The van der Waals surface area contributed by atoms with Crippen LogP contribution in [0.3, 0.4) is 0 Å². The first-order valence-corrected chi connectivity index (χ1v) is 11.8. The Bertz CT molecular complexity index is 1100. The van der Waals surface area contributed by atoms with Crippen molar-refractivity contribution in [1.82, 2.24) is 10.2 Å². The zero-order valence-electron chi connectivity index (χ0n) is 19.5. The molecule has 0 spiro atoms. The van der Waals surface area contributed by atoms with Gasteiger partial charge in [-0.15, -0.1) is 0 Å². The molecule has 1 N–H and O–H groups in total. The molecule has 0 unspecified atom stereocenters. The number of rotatable bonds is 7. The number of amides is 1. The SMILES string of the molecule is CN(C)c1ccc([C@@H](CNC(=O)c2ccccc2Cl)N2CCN(c3ccc(F)cc3)CC2)cc1. The first-order valence-electron chi connectivity index (χ1n) is 11.5. The summed E-state index contributed by atoms with van der Waals surface area (Å²) in [4.78, 5) is 19.6. The first-order chi connectivity index (χ1) is 16.4. The predicted octanol–water partition coefficient (Wildman–Crippen LogP) is 4.84. The number of hydrogen-bond acceptors (Lipinski definition) is 4. The van der Waals surface area contributed by atoms with E-state index in [1.807, 2.05) is 38.4 Å². The fraction of sp³-hybridized carbons (Fsp3) is 0.296. The molecule has 0 aliphatic carbocycles. The zero-order chi connectivity index (χ0) is 24.1. The average Bonchev–Trinajstić information content (AvgIpc) is 2.85. The first kappa shape index (κ1) is 24.0. The van der Waals surface area contributed by atoms with Crippen molar-refractivity contribution in [2.75, 3.05) is 56.6 Å². The Morgan fingerprint density at radius 3 is 2.24 bits per heavy atom. The Labute approximate surface area is 205 Å². The summed E-state index contributed by atoms with van der Waals surface area (Å²) in [5.41, 5.74) is 3.79. The van der Waals surface area contributed by atoms with Gasteiger partial charge in [0.2, 0.25) is 0 Å². The van der Waals surface area contributed by atoms with E-state index in [-0.39, 0.29) is 17.8 Å². The van der Waals surface area contributed by atoms with Gasteiger partial charge in [0.15, 0.2) is 0 Å². The minimum absolute atomic E-state index is 0.0259.